The number of hydrogen-bond donors (Lipinski definition) is 1. The predicted molar refractivity (Wildman–Crippen MR) is 99.5 cm³/mol. The zero-order chi connectivity index (χ0) is 18.8. The zero-order valence-electron chi connectivity index (χ0n) is 15.7. The molecule has 1 aromatic heterocycles. The summed E-state index contributed by atoms with van der Waals surface area (Å²) in [5, 5.41) is 7.56. The van der Waals surface area contributed by atoms with Crippen molar-refractivity contribution in [1.82, 2.24) is 15.4 Å². The van der Waals surface area contributed by atoms with Gasteiger partial charge in [0.1, 0.15) is 11.6 Å². The van der Waals surface area contributed by atoms with E-state index in [9.17, 15) is 9.18 Å². The lowest BCUT2D eigenvalue weighted by atomic mass is 9.88. The van der Waals surface area contributed by atoms with Gasteiger partial charge in [-0.3, -0.25) is 4.79 Å². The van der Waals surface area contributed by atoms with Crippen molar-refractivity contribution in [3.63, 3.8) is 0 Å². The molecule has 1 aliphatic heterocycles. The molecule has 0 bridgehead atoms. The third-order valence-corrected chi connectivity index (χ3v) is 5.84. The lowest BCUT2D eigenvalue weighted by Gasteiger charge is -2.24. The number of carbonyl (C=O) groups excluding carboxylic acids is 1. The summed E-state index contributed by atoms with van der Waals surface area (Å²) >= 11 is 0. The molecule has 0 radical (unpaired) electrons. The Morgan fingerprint density at radius 2 is 2.00 bits per heavy atom. The monoisotopic (exact) mass is 371 g/mol. The third kappa shape index (κ3) is 4.05. The van der Waals surface area contributed by atoms with Gasteiger partial charge >= 0.3 is 0 Å². The fraction of sp³-hybridized carbons (Fsp3) is 0.524. The molecule has 1 aromatic carbocycles. The number of rotatable bonds is 5. The summed E-state index contributed by atoms with van der Waals surface area (Å²) in [5.74, 6) is 0.878. The Bertz CT molecular complexity index is 783. The van der Waals surface area contributed by atoms with Crippen LogP contribution in [0.3, 0.4) is 0 Å². The highest BCUT2D eigenvalue weighted by Gasteiger charge is 2.41. The van der Waals surface area contributed by atoms with Gasteiger partial charge in [-0.2, -0.15) is 0 Å². The number of amides is 1. The van der Waals surface area contributed by atoms with E-state index >= 15 is 0 Å². The van der Waals surface area contributed by atoms with Crippen LogP contribution in [-0.4, -0.2) is 35.1 Å². The Labute approximate surface area is 158 Å². The number of aryl methyl sites for hydroxylation is 1. The van der Waals surface area contributed by atoms with Crippen LogP contribution in [0.15, 0.2) is 34.9 Å². The molecule has 1 saturated carbocycles. The SMILES string of the molecule is Cc1cc(CN[C@@H]2C[C@H](C(=O)N3CCCC3)[C@@H](c3ccc(F)cc3)C2)no1. The van der Waals surface area contributed by atoms with Gasteiger partial charge in [-0.15, -0.1) is 0 Å². The molecule has 0 spiro atoms. The Hall–Kier alpha value is -2.21. The van der Waals surface area contributed by atoms with Gasteiger partial charge in [-0.05, 0) is 56.2 Å². The molecule has 5 nitrogen and oxygen atoms in total. The Balaban J connectivity index is 1.48. The molecule has 144 valence electrons. The Morgan fingerprint density at radius 1 is 1.26 bits per heavy atom. The van der Waals surface area contributed by atoms with Gasteiger partial charge in [0, 0.05) is 37.7 Å². The molecule has 2 fully saturated rings. The van der Waals surface area contributed by atoms with Gasteiger partial charge in [0.25, 0.3) is 0 Å². The first-order valence-corrected chi connectivity index (χ1v) is 9.80. The van der Waals surface area contributed by atoms with E-state index < -0.39 is 0 Å². The number of carbonyl (C=O) groups is 1. The molecule has 2 heterocycles. The molecule has 0 unspecified atom stereocenters. The maximum absolute atomic E-state index is 13.4. The summed E-state index contributed by atoms with van der Waals surface area (Å²) in [6, 6.07) is 8.79. The highest BCUT2D eigenvalue weighted by Crippen LogP contribution is 2.41. The second-order valence-electron chi connectivity index (χ2n) is 7.78. The highest BCUT2D eigenvalue weighted by atomic mass is 19.1. The molecule has 1 amide bonds. The van der Waals surface area contributed by atoms with E-state index in [1.54, 1.807) is 0 Å². The second kappa shape index (κ2) is 7.80. The fourth-order valence-electron chi connectivity index (χ4n) is 4.48. The summed E-state index contributed by atoms with van der Waals surface area (Å²) in [6.45, 7) is 4.23. The molecule has 2 aromatic rings. The topological polar surface area (TPSA) is 58.4 Å². The van der Waals surface area contributed by atoms with Crippen molar-refractivity contribution in [3.05, 3.63) is 53.2 Å². The van der Waals surface area contributed by atoms with E-state index in [-0.39, 0.29) is 29.6 Å². The molecule has 2 aliphatic rings. The van der Waals surface area contributed by atoms with Gasteiger partial charge in [-0.1, -0.05) is 17.3 Å². The van der Waals surface area contributed by atoms with Crippen molar-refractivity contribution < 1.29 is 13.7 Å². The molecule has 27 heavy (non-hydrogen) atoms. The zero-order valence-corrected chi connectivity index (χ0v) is 15.7. The summed E-state index contributed by atoms with van der Waals surface area (Å²) in [6.07, 6.45) is 3.85. The van der Waals surface area contributed by atoms with Crippen molar-refractivity contribution in [2.75, 3.05) is 13.1 Å². The van der Waals surface area contributed by atoms with E-state index in [4.69, 9.17) is 4.52 Å². The highest BCUT2D eigenvalue weighted by molar-refractivity contribution is 5.80. The van der Waals surface area contributed by atoms with Crippen LogP contribution in [0.25, 0.3) is 0 Å². The smallest absolute Gasteiger partial charge is 0.226 e. The maximum Gasteiger partial charge on any atom is 0.226 e. The number of nitrogens with one attached hydrogen (secondary N) is 1. The van der Waals surface area contributed by atoms with Crippen LogP contribution in [0.5, 0.6) is 0 Å². The van der Waals surface area contributed by atoms with Crippen LogP contribution in [0, 0.1) is 18.7 Å². The predicted octanol–water partition coefficient (Wildman–Crippen LogP) is 3.40. The minimum absolute atomic E-state index is 0.0508. The number of likely N-dealkylation sites (tertiary alicyclic amines) is 1. The molecule has 3 atom stereocenters. The average molecular weight is 371 g/mol. The standard InChI is InChI=1S/C21H26FN3O2/c1-14-10-18(24-27-14)13-23-17-11-19(15-4-6-16(22)7-5-15)20(12-17)21(26)25-8-2-3-9-25/h4-7,10,17,19-20,23H,2-3,8-9,11-13H2,1H3/t17-,19+,20-/m0/s1. The van der Waals surface area contributed by atoms with E-state index in [1.807, 2.05) is 30.0 Å². The summed E-state index contributed by atoms with van der Waals surface area (Å²) in [7, 11) is 0. The van der Waals surface area contributed by atoms with Crippen molar-refractivity contribution in [1.29, 1.82) is 0 Å². The van der Waals surface area contributed by atoms with Gasteiger partial charge < -0.3 is 14.7 Å². The van der Waals surface area contributed by atoms with Crippen LogP contribution in [-0.2, 0) is 11.3 Å². The van der Waals surface area contributed by atoms with E-state index in [0.29, 0.717) is 6.54 Å². The van der Waals surface area contributed by atoms with Crippen molar-refractivity contribution >= 4 is 5.91 Å². The third-order valence-electron chi connectivity index (χ3n) is 5.84. The van der Waals surface area contributed by atoms with E-state index in [0.717, 1.165) is 55.8 Å². The molecule has 1 saturated heterocycles. The van der Waals surface area contributed by atoms with Gasteiger partial charge in [-0.25, -0.2) is 4.39 Å². The molecule has 4 rings (SSSR count). The number of nitrogens with zero attached hydrogens (tertiary/aromatic N) is 2. The molecule has 6 heteroatoms. The van der Waals surface area contributed by atoms with Crippen LogP contribution in [0.4, 0.5) is 4.39 Å². The number of aromatic nitrogens is 1. The first-order chi connectivity index (χ1) is 13.1. The maximum atomic E-state index is 13.4. The minimum atomic E-state index is -0.241. The van der Waals surface area contributed by atoms with Crippen LogP contribution in [0.1, 0.15) is 48.6 Å². The van der Waals surface area contributed by atoms with Crippen LogP contribution >= 0.6 is 0 Å². The number of hydrogen-bond acceptors (Lipinski definition) is 4. The van der Waals surface area contributed by atoms with Gasteiger partial charge in [0.05, 0.1) is 5.69 Å². The lowest BCUT2D eigenvalue weighted by molar-refractivity contribution is -0.134. The number of benzene rings is 1. The summed E-state index contributed by atoms with van der Waals surface area (Å²) in [4.78, 5) is 15.1. The second-order valence-corrected chi connectivity index (χ2v) is 7.78. The first kappa shape index (κ1) is 18.2. The lowest BCUT2D eigenvalue weighted by Crippen LogP contribution is -2.35. The Kier molecular flexibility index (Phi) is 5.25. The normalized spacial score (nSPS) is 25.3. The molecular weight excluding hydrogens is 345 g/mol. The summed E-state index contributed by atoms with van der Waals surface area (Å²) in [5.41, 5.74) is 1.93. The van der Waals surface area contributed by atoms with Crippen molar-refractivity contribution in [3.8, 4) is 0 Å². The molecule has 1 aliphatic carbocycles. The first-order valence-electron chi connectivity index (χ1n) is 9.80. The van der Waals surface area contributed by atoms with E-state index in [2.05, 4.69) is 10.5 Å². The molecule has 1 N–H and O–H groups in total. The number of halogens is 1. The fourth-order valence-corrected chi connectivity index (χ4v) is 4.48. The minimum Gasteiger partial charge on any atom is -0.361 e. The largest absolute Gasteiger partial charge is 0.361 e. The van der Waals surface area contributed by atoms with Crippen LogP contribution in [0.2, 0.25) is 0 Å². The quantitative estimate of drug-likeness (QED) is 0.875. The van der Waals surface area contributed by atoms with Crippen molar-refractivity contribution in [2.24, 2.45) is 5.92 Å². The van der Waals surface area contributed by atoms with Gasteiger partial charge in [0.2, 0.25) is 5.91 Å². The summed E-state index contributed by atoms with van der Waals surface area (Å²) < 4.78 is 18.5. The van der Waals surface area contributed by atoms with E-state index in [1.165, 1.54) is 12.1 Å². The molecular formula is C21H26FN3O2. The average Bonchev–Trinajstić information content (AvgIpc) is 3.41. The van der Waals surface area contributed by atoms with Crippen molar-refractivity contribution in [2.45, 2.75) is 51.1 Å². The van der Waals surface area contributed by atoms with Gasteiger partial charge in [0.15, 0.2) is 0 Å². The Morgan fingerprint density at radius 3 is 2.67 bits per heavy atom. The van der Waals surface area contributed by atoms with Crippen LogP contribution < -0.4 is 5.32 Å².